The largest absolute Gasteiger partial charge is 0.492 e. The van der Waals surface area contributed by atoms with Crippen LogP contribution in [0.25, 0.3) is 21.5 Å². The van der Waals surface area contributed by atoms with Gasteiger partial charge in [-0.3, -0.25) is 13.7 Å². The lowest BCUT2D eigenvalue weighted by Gasteiger charge is -2.34. The maximum atomic E-state index is 12.7. The van der Waals surface area contributed by atoms with Crippen LogP contribution >= 0.6 is 12.0 Å². The van der Waals surface area contributed by atoms with E-state index in [9.17, 15) is 68.9 Å². The van der Waals surface area contributed by atoms with Crippen LogP contribution in [0.1, 0.15) is 96.6 Å². The van der Waals surface area contributed by atoms with E-state index in [0.717, 1.165) is 23.4 Å². The van der Waals surface area contributed by atoms with Crippen molar-refractivity contribution >= 4 is 93.0 Å². The van der Waals surface area contributed by atoms with Crippen molar-refractivity contribution in [1.29, 1.82) is 0 Å². The van der Waals surface area contributed by atoms with Crippen LogP contribution < -0.4 is 14.6 Å². The minimum Gasteiger partial charge on any atom is -0.492 e. The molecule has 0 spiro atoms. The van der Waals surface area contributed by atoms with E-state index in [1.165, 1.54) is 36.4 Å². The molecule has 24 nitrogen and oxygen atoms in total. The zero-order valence-electron chi connectivity index (χ0n) is 45.1. The van der Waals surface area contributed by atoms with Crippen LogP contribution in [0, 0.1) is 0 Å². The van der Waals surface area contributed by atoms with E-state index >= 15 is 0 Å². The van der Waals surface area contributed by atoms with Gasteiger partial charge >= 0.3 is 11.9 Å². The maximum Gasteiger partial charge on any atom is 0.333 e. The fraction of sp³-hybridized carbons (Fsp3) is 0.327. The maximum absolute atomic E-state index is 12.7. The van der Waals surface area contributed by atoms with Gasteiger partial charge in [0.15, 0.2) is 5.71 Å². The first-order valence-electron chi connectivity index (χ1n) is 25.9. The fourth-order valence-electron chi connectivity index (χ4n) is 11.0. The Balaban J connectivity index is 1.06. The smallest absolute Gasteiger partial charge is 0.333 e. The van der Waals surface area contributed by atoms with Gasteiger partial charge in [0.05, 0.1) is 27.2 Å². The molecular weight excluding hydrogens is 1160 g/mol. The van der Waals surface area contributed by atoms with Gasteiger partial charge in [0.2, 0.25) is 29.2 Å². The summed E-state index contributed by atoms with van der Waals surface area (Å²) >= 11 is 0.549. The molecule has 0 fully saturated rings. The van der Waals surface area contributed by atoms with E-state index in [0.29, 0.717) is 113 Å². The van der Waals surface area contributed by atoms with Gasteiger partial charge in [-0.2, -0.15) is 29.8 Å². The molecule has 2 aliphatic rings. The highest BCUT2D eigenvalue weighted by molar-refractivity contribution is 7.94. The van der Waals surface area contributed by atoms with E-state index in [2.05, 4.69) is 9.94 Å². The average Bonchev–Trinajstić information content (AvgIpc) is 1.79. The minimum absolute atomic E-state index is 0.0132. The SMILES string of the molecule is CC1(C)C(C=CC=CC=CCC2N(CCCCCC(=O)On3c(O)ccc3O)c3ccc4c(SOOO)cc(S(=O)(=O)O)cc4c3C2(C)C)=[N+](CCCCCC(=O)On2c(O)ccc2O)c2ccc3c(S(=O)(=O)O)cc(S(=O)(=O)O)cc3c21. The molecule has 0 bridgehead atoms. The summed E-state index contributed by atoms with van der Waals surface area (Å²) in [6.07, 6.45) is 14.4. The predicted octanol–water partition coefficient (Wildman–Crippen LogP) is 8.62. The second-order valence-electron chi connectivity index (χ2n) is 20.8. The Bertz CT molecular complexity index is 3950. The molecular formula is C55H61N4O20S4+. The molecule has 4 aromatic carbocycles. The fourth-order valence-corrected chi connectivity index (χ4v) is 13.5. The molecule has 83 heavy (non-hydrogen) atoms. The minimum atomic E-state index is -5.00. The quantitative estimate of drug-likeness (QED) is 0.00505. The number of anilines is 1. The molecule has 2 aromatic heterocycles. The Morgan fingerprint density at radius 1 is 0.627 bits per heavy atom. The summed E-state index contributed by atoms with van der Waals surface area (Å²) < 4.78 is 114. The van der Waals surface area contributed by atoms with E-state index < -0.39 is 91.3 Å². The Labute approximate surface area is 481 Å². The summed E-state index contributed by atoms with van der Waals surface area (Å²) in [7, 11) is -14.7. The third-order valence-electron chi connectivity index (χ3n) is 14.7. The molecule has 8 N–H and O–H groups in total. The van der Waals surface area contributed by atoms with Gasteiger partial charge in [0.1, 0.15) is 11.4 Å². The molecule has 0 aliphatic carbocycles. The van der Waals surface area contributed by atoms with Crippen molar-refractivity contribution in [3.63, 3.8) is 0 Å². The van der Waals surface area contributed by atoms with Gasteiger partial charge < -0.3 is 35.0 Å². The molecule has 0 saturated carbocycles. The highest BCUT2D eigenvalue weighted by Gasteiger charge is 2.47. The number of hydrogen-bond acceptors (Lipinski definition) is 19. The Kier molecular flexibility index (Phi) is 18.3. The number of hydrogen-bond donors (Lipinski definition) is 8. The van der Waals surface area contributed by atoms with Crippen molar-refractivity contribution < 1.29 is 97.8 Å². The Morgan fingerprint density at radius 3 is 1.73 bits per heavy atom. The van der Waals surface area contributed by atoms with Gasteiger partial charge in [0, 0.05) is 95.2 Å². The zero-order chi connectivity index (χ0) is 60.4. The number of rotatable bonds is 25. The normalized spacial score (nSPS) is 16.1. The second kappa shape index (κ2) is 24.5. The van der Waals surface area contributed by atoms with Gasteiger partial charge in [0.25, 0.3) is 30.4 Å². The molecule has 8 rings (SSSR count). The van der Waals surface area contributed by atoms with Crippen LogP contribution in [0.3, 0.4) is 0 Å². The van der Waals surface area contributed by atoms with Crippen molar-refractivity contribution in [2.75, 3.05) is 18.0 Å². The van der Waals surface area contributed by atoms with E-state index in [1.807, 2.05) is 56.6 Å². The number of unbranched alkanes of at least 4 members (excludes halogenated alkanes) is 4. The average molecular weight is 1230 g/mol. The van der Waals surface area contributed by atoms with Crippen LogP contribution in [0.2, 0.25) is 0 Å². The summed E-state index contributed by atoms with van der Waals surface area (Å²) in [5, 5.41) is 53.5. The van der Waals surface area contributed by atoms with Crippen molar-refractivity contribution in [2.45, 2.75) is 122 Å². The third kappa shape index (κ3) is 13.3. The molecule has 444 valence electrons. The molecule has 4 heterocycles. The summed E-state index contributed by atoms with van der Waals surface area (Å²) in [4.78, 5) is 35.9. The van der Waals surface area contributed by atoms with Gasteiger partial charge in [-0.15, -0.1) is 13.8 Å². The van der Waals surface area contributed by atoms with Gasteiger partial charge in [-0.05, 0) is 104 Å². The number of fused-ring (bicyclic) bond motifs is 6. The number of nitrogens with zero attached hydrogens (tertiary/aromatic N) is 4. The number of carbonyl (C=O) groups excluding carboxylic acids is 2. The number of aromatic hydroxyl groups is 4. The first kappa shape index (κ1) is 61.8. The summed E-state index contributed by atoms with van der Waals surface area (Å²) in [6.45, 7) is 8.60. The van der Waals surface area contributed by atoms with Crippen LogP contribution in [0.4, 0.5) is 11.4 Å². The number of allylic oxidation sites excluding steroid dienone is 5. The molecule has 28 heteroatoms. The monoisotopic (exact) mass is 1230 g/mol. The lowest BCUT2D eigenvalue weighted by molar-refractivity contribution is -0.438. The molecule has 1 unspecified atom stereocenters. The molecule has 6 aromatic rings. The number of carbonyl (C=O) groups is 2. The third-order valence-corrected chi connectivity index (χ3v) is 17.9. The molecule has 0 amide bonds. The first-order valence-corrected chi connectivity index (χ1v) is 30.9. The molecule has 0 radical (unpaired) electrons. The van der Waals surface area contributed by atoms with Crippen molar-refractivity contribution in [2.24, 2.45) is 0 Å². The van der Waals surface area contributed by atoms with Gasteiger partial charge in [-0.25, -0.2) is 14.8 Å². The first-order chi connectivity index (χ1) is 39.0. The topological polar surface area (TPSA) is 351 Å². The lowest BCUT2D eigenvalue weighted by Crippen LogP contribution is -2.41. The lowest BCUT2D eigenvalue weighted by atomic mass is 9.77. The van der Waals surface area contributed by atoms with Crippen LogP contribution in [-0.2, 0) is 60.1 Å². The summed E-state index contributed by atoms with van der Waals surface area (Å²) in [5.41, 5.74) is 1.70. The summed E-state index contributed by atoms with van der Waals surface area (Å²) in [6, 6.07) is 15.6. The Hall–Kier alpha value is -7.25. The Morgan fingerprint density at radius 2 is 1.17 bits per heavy atom. The second-order valence-corrected chi connectivity index (χ2v) is 25.8. The highest BCUT2D eigenvalue weighted by atomic mass is 32.2. The predicted molar refractivity (Wildman–Crippen MR) is 303 cm³/mol. The van der Waals surface area contributed by atoms with E-state index in [-0.39, 0.29) is 34.6 Å². The van der Waals surface area contributed by atoms with Crippen molar-refractivity contribution in [3.05, 3.63) is 120 Å². The molecule has 1 atom stereocenters. The van der Waals surface area contributed by atoms with Gasteiger partial charge in [-0.1, -0.05) is 61.8 Å². The number of aromatic nitrogens is 2. The molecule has 2 aliphatic heterocycles. The zero-order valence-corrected chi connectivity index (χ0v) is 48.4. The number of benzene rings is 4. The molecule has 0 saturated heterocycles. The standard InChI is InChI=1S/C55H60N4O20S4/c1-54(2)44(56(28-14-8-12-18-50(64)76-58-46(60)24-25-47(58)61)40-22-20-36-38(52(40)54)30-34(81(67,68)69)32-42(36)80-79-78-66)16-10-6-5-7-11-17-45-55(3,4)53-39-31-35(82(70,71)72)33-43(83(73,74)75)37(39)21-23-41(53)57(45)29-15-9-13-19-51(65)77-59-48(62)26-27-49(59)63/h5-7,10-11,17,20-27,30-33,44H,8-9,12-16,18-19,28-29H2,1-4H3,(H7-,60,61,62,63,66,67,68,69,70,71,72,73,74,75)/p+1. The van der Waals surface area contributed by atoms with E-state index in [1.54, 1.807) is 30.4 Å². The van der Waals surface area contributed by atoms with Crippen LogP contribution in [-0.4, -0.2) is 115 Å². The summed E-state index contributed by atoms with van der Waals surface area (Å²) in [5.74, 6) is -3.18. The van der Waals surface area contributed by atoms with Crippen LogP contribution in [0.15, 0.2) is 129 Å². The van der Waals surface area contributed by atoms with E-state index in [4.69, 9.17) is 19.3 Å². The highest BCUT2D eigenvalue weighted by Crippen LogP contribution is 2.52. The van der Waals surface area contributed by atoms with Crippen molar-refractivity contribution in [3.8, 4) is 23.5 Å². The van der Waals surface area contributed by atoms with Crippen molar-refractivity contribution in [1.82, 2.24) is 9.46 Å². The van der Waals surface area contributed by atoms with Crippen LogP contribution in [0.5, 0.6) is 23.5 Å².